The normalized spacial score (nSPS) is 15.9. The van der Waals surface area contributed by atoms with Gasteiger partial charge in [0.1, 0.15) is 11.4 Å². The second kappa shape index (κ2) is 9.47. The molecule has 1 aliphatic rings. The van der Waals surface area contributed by atoms with Crippen LogP contribution >= 0.6 is 11.6 Å². The van der Waals surface area contributed by atoms with E-state index in [0.29, 0.717) is 41.7 Å². The Balaban J connectivity index is 1.61. The van der Waals surface area contributed by atoms with Crippen LogP contribution in [0.3, 0.4) is 0 Å². The van der Waals surface area contributed by atoms with Gasteiger partial charge in [-0.05, 0) is 30.2 Å². The van der Waals surface area contributed by atoms with Crippen LogP contribution in [0.25, 0.3) is 16.9 Å². The van der Waals surface area contributed by atoms with Crippen molar-refractivity contribution in [2.75, 3.05) is 52.3 Å². The molecule has 1 saturated heterocycles. The van der Waals surface area contributed by atoms with Crippen LogP contribution in [0.5, 0.6) is 5.75 Å². The van der Waals surface area contributed by atoms with E-state index in [1.54, 1.807) is 26.2 Å². The van der Waals surface area contributed by atoms with Gasteiger partial charge in [0.05, 0.1) is 24.4 Å². The van der Waals surface area contributed by atoms with Crippen LogP contribution in [0.1, 0.15) is 12.0 Å². The van der Waals surface area contributed by atoms with Gasteiger partial charge in [-0.2, -0.15) is 17.0 Å². The maximum atomic E-state index is 12.5. The van der Waals surface area contributed by atoms with Crippen LogP contribution < -0.4 is 9.64 Å². The molecule has 33 heavy (non-hydrogen) atoms. The molecule has 1 N–H and O–H groups in total. The van der Waals surface area contributed by atoms with Crippen molar-refractivity contribution in [2.45, 2.75) is 13.0 Å². The average Bonchev–Trinajstić information content (AvgIpc) is 3.05. The Morgan fingerprint density at radius 2 is 1.97 bits per heavy atom. The Kier molecular flexibility index (Phi) is 6.83. The number of hydrogen-bond donors (Lipinski definition) is 1. The van der Waals surface area contributed by atoms with E-state index in [1.807, 2.05) is 28.9 Å². The molecule has 0 radical (unpaired) electrons. The molecule has 3 aromatic rings. The summed E-state index contributed by atoms with van der Waals surface area (Å²) in [6.45, 7) is 2.11. The molecule has 0 bridgehead atoms. The lowest BCUT2D eigenvalue weighted by atomic mass is 10.1. The smallest absolute Gasteiger partial charge is 0.281 e. The third-order valence-corrected chi connectivity index (χ3v) is 8.11. The molecular weight excluding hydrogens is 466 g/mol. The predicted molar refractivity (Wildman–Crippen MR) is 129 cm³/mol. The summed E-state index contributed by atoms with van der Waals surface area (Å²) in [5, 5.41) is 10.3. The molecule has 0 spiro atoms. The Hall–Kier alpha value is -2.37. The van der Waals surface area contributed by atoms with Crippen molar-refractivity contribution < 1.29 is 18.3 Å². The predicted octanol–water partition coefficient (Wildman–Crippen LogP) is 2.47. The van der Waals surface area contributed by atoms with E-state index in [2.05, 4.69) is 4.90 Å². The van der Waals surface area contributed by atoms with Crippen molar-refractivity contribution in [1.82, 2.24) is 18.0 Å². The highest BCUT2D eigenvalue weighted by Crippen LogP contribution is 2.34. The minimum Gasteiger partial charge on any atom is -0.495 e. The van der Waals surface area contributed by atoms with E-state index in [-0.39, 0.29) is 6.61 Å². The zero-order valence-electron chi connectivity index (χ0n) is 18.9. The van der Waals surface area contributed by atoms with E-state index in [4.69, 9.17) is 21.3 Å². The van der Waals surface area contributed by atoms with Gasteiger partial charge in [0.15, 0.2) is 0 Å². The first-order valence-electron chi connectivity index (χ1n) is 10.6. The number of rotatable bonds is 6. The molecule has 9 nitrogen and oxygen atoms in total. The van der Waals surface area contributed by atoms with Gasteiger partial charge in [-0.1, -0.05) is 11.6 Å². The molecule has 0 unspecified atom stereocenters. The van der Waals surface area contributed by atoms with E-state index in [1.165, 1.54) is 15.7 Å². The first kappa shape index (κ1) is 23.8. The summed E-state index contributed by atoms with van der Waals surface area (Å²) in [5.74, 6) is 0.502. The second-order valence-corrected chi connectivity index (χ2v) is 10.7. The van der Waals surface area contributed by atoms with Crippen molar-refractivity contribution >= 4 is 33.1 Å². The molecule has 2 aromatic heterocycles. The maximum Gasteiger partial charge on any atom is 0.281 e. The number of fused-ring (bicyclic) bond motifs is 1. The fraction of sp³-hybridized carbons (Fsp3) is 0.409. The van der Waals surface area contributed by atoms with Gasteiger partial charge in [-0.15, -0.1) is 0 Å². The fourth-order valence-electron chi connectivity index (χ4n) is 4.03. The monoisotopic (exact) mass is 493 g/mol. The first-order chi connectivity index (χ1) is 15.7. The molecule has 3 heterocycles. The minimum atomic E-state index is -3.42. The summed E-state index contributed by atoms with van der Waals surface area (Å²) in [6.07, 6.45) is 4.57. The SMILES string of the molecule is COc1cc(CO)c(-c2cn3ccc(N4CCCN(S(=O)(=O)N(C)C)CC4)cc3n2)cc1Cl. The maximum absolute atomic E-state index is 12.5. The average molecular weight is 494 g/mol. The second-order valence-electron chi connectivity index (χ2n) is 8.11. The lowest BCUT2D eigenvalue weighted by Gasteiger charge is -2.25. The Morgan fingerprint density at radius 1 is 1.18 bits per heavy atom. The summed E-state index contributed by atoms with van der Waals surface area (Å²) >= 11 is 6.31. The third kappa shape index (κ3) is 4.67. The topological polar surface area (TPSA) is 90.6 Å². The number of hydrogen-bond acceptors (Lipinski definition) is 6. The van der Waals surface area contributed by atoms with E-state index >= 15 is 0 Å². The van der Waals surface area contributed by atoms with Crippen LogP contribution in [-0.4, -0.2) is 78.9 Å². The largest absolute Gasteiger partial charge is 0.495 e. The van der Waals surface area contributed by atoms with Gasteiger partial charge in [0.25, 0.3) is 10.2 Å². The summed E-state index contributed by atoms with van der Waals surface area (Å²) < 4.78 is 34.9. The summed E-state index contributed by atoms with van der Waals surface area (Å²) in [7, 11) is 1.22. The molecule has 0 saturated carbocycles. The minimum absolute atomic E-state index is 0.165. The number of methoxy groups -OCH3 is 1. The lowest BCUT2D eigenvalue weighted by molar-refractivity contribution is 0.281. The summed E-state index contributed by atoms with van der Waals surface area (Å²) in [5.41, 5.74) is 3.85. The van der Waals surface area contributed by atoms with E-state index in [9.17, 15) is 13.5 Å². The van der Waals surface area contributed by atoms with Gasteiger partial charge in [-0.3, -0.25) is 0 Å². The Morgan fingerprint density at radius 3 is 2.67 bits per heavy atom. The van der Waals surface area contributed by atoms with Gasteiger partial charge in [-0.25, -0.2) is 4.98 Å². The highest BCUT2D eigenvalue weighted by Gasteiger charge is 2.27. The van der Waals surface area contributed by atoms with Crippen molar-refractivity contribution in [3.8, 4) is 17.0 Å². The number of anilines is 1. The molecule has 4 rings (SSSR count). The van der Waals surface area contributed by atoms with Gasteiger partial charge < -0.3 is 19.1 Å². The number of nitrogens with zero attached hydrogens (tertiary/aromatic N) is 5. The Bertz CT molecular complexity index is 1260. The molecule has 178 valence electrons. The van der Waals surface area contributed by atoms with Gasteiger partial charge in [0, 0.05) is 70.0 Å². The first-order valence-corrected chi connectivity index (χ1v) is 12.4. The number of aliphatic hydroxyl groups is 1. The number of pyridine rings is 1. The van der Waals surface area contributed by atoms with Crippen molar-refractivity contribution in [3.05, 3.63) is 47.2 Å². The van der Waals surface area contributed by atoms with Crippen LogP contribution in [0, 0.1) is 0 Å². The van der Waals surface area contributed by atoms with Crippen LogP contribution in [0.15, 0.2) is 36.7 Å². The highest BCUT2D eigenvalue weighted by molar-refractivity contribution is 7.86. The zero-order valence-corrected chi connectivity index (χ0v) is 20.5. The highest BCUT2D eigenvalue weighted by atomic mass is 35.5. The molecule has 0 amide bonds. The summed E-state index contributed by atoms with van der Waals surface area (Å²) in [6, 6.07) is 7.47. The molecule has 1 aromatic carbocycles. The Labute approximate surface area is 198 Å². The van der Waals surface area contributed by atoms with Crippen LogP contribution in [0.2, 0.25) is 5.02 Å². The fourth-order valence-corrected chi connectivity index (χ4v) is 5.41. The number of aromatic nitrogens is 2. The zero-order chi connectivity index (χ0) is 23.8. The number of ether oxygens (including phenoxy) is 1. The van der Waals surface area contributed by atoms with Crippen molar-refractivity contribution in [2.24, 2.45) is 0 Å². The van der Waals surface area contributed by atoms with Gasteiger partial charge in [0.2, 0.25) is 0 Å². The summed E-state index contributed by atoms with van der Waals surface area (Å²) in [4.78, 5) is 6.94. The standard InChI is InChI=1S/C22H28ClN5O4S/c1-25(2)33(30,31)28-7-4-6-26(9-10-28)17-5-8-27-14-20(24-22(27)12-17)18-13-19(23)21(32-3)11-16(18)15-29/h5,8,11-14,29H,4,6-7,9-10,15H2,1-3H3. The van der Waals surface area contributed by atoms with Crippen molar-refractivity contribution in [3.63, 3.8) is 0 Å². The van der Waals surface area contributed by atoms with Crippen LogP contribution in [-0.2, 0) is 16.8 Å². The number of halogens is 1. The number of imidazole rings is 1. The van der Waals surface area contributed by atoms with E-state index < -0.39 is 10.2 Å². The lowest BCUT2D eigenvalue weighted by Crippen LogP contribution is -2.42. The molecule has 0 atom stereocenters. The number of aliphatic hydroxyl groups excluding tert-OH is 1. The van der Waals surface area contributed by atoms with Gasteiger partial charge >= 0.3 is 0 Å². The molecule has 1 aliphatic heterocycles. The van der Waals surface area contributed by atoms with E-state index in [0.717, 1.165) is 29.9 Å². The third-order valence-electron chi connectivity index (χ3n) is 5.88. The molecule has 1 fully saturated rings. The molecule has 11 heteroatoms. The quantitative estimate of drug-likeness (QED) is 0.567. The molecule has 0 aliphatic carbocycles. The van der Waals surface area contributed by atoms with Crippen LogP contribution in [0.4, 0.5) is 5.69 Å². The number of benzene rings is 1. The molecular formula is C22H28ClN5O4S. The van der Waals surface area contributed by atoms with Crippen molar-refractivity contribution in [1.29, 1.82) is 0 Å².